The number of piperidine rings is 1. The number of benzene rings is 1. The molecular weight excluding hydrogens is 210 g/mol. The van der Waals surface area contributed by atoms with Crippen molar-refractivity contribution in [1.82, 2.24) is 5.32 Å². The molecule has 1 heterocycles. The molecule has 1 aromatic rings. The Labute approximate surface area is 102 Å². The smallest absolute Gasteiger partial charge is 0.137 e. The molecule has 2 aliphatic rings. The normalized spacial score (nSPS) is 27.1. The molecule has 2 nitrogen and oxygen atoms in total. The number of Topliss-reactive ketones (excluding diaryl/α,β-unsaturated/α-hetero) is 1. The summed E-state index contributed by atoms with van der Waals surface area (Å²) in [5, 5.41) is 3.32. The van der Waals surface area contributed by atoms with E-state index in [-0.39, 0.29) is 5.92 Å². The summed E-state index contributed by atoms with van der Waals surface area (Å²) in [7, 11) is 0. The zero-order valence-electron chi connectivity index (χ0n) is 10.1. The van der Waals surface area contributed by atoms with Gasteiger partial charge in [-0.15, -0.1) is 0 Å². The van der Waals surface area contributed by atoms with Crippen molar-refractivity contribution in [1.29, 1.82) is 0 Å². The molecule has 2 atom stereocenters. The van der Waals surface area contributed by atoms with Gasteiger partial charge in [0, 0.05) is 18.9 Å². The fraction of sp³-hybridized carbons (Fsp3) is 0.533. The first-order valence-corrected chi connectivity index (χ1v) is 6.66. The summed E-state index contributed by atoms with van der Waals surface area (Å²) in [6.45, 7) is 1.98. The maximum Gasteiger partial charge on any atom is 0.137 e. The minimum absolute atomic E-state index is 0.275. The van der Waals surface area contributed by atoms with Crippen molar-refractivity contribution in [3.8, 4) is 0 Å². The second kappa shape index (κ2) is 4.61. The summed E-state index contributed by atoms with van der Waals surface area (Å²) in [4.78, 5) is 12.2. The molecule has 0 saturated carbocycles. The summed E-state index contributed by atoms with van der Waals surface area (Å²) < 4.78 is 0. The largest absolute Gasteiger partial charge is 0.316 e. The van der Waals surface area contributed by atoms with Crippen molar-refractivity contribution in [2.75, 3.05) is 13.1 Å². The number of hydrogen-bond donors (Lipinski definition) is 1. The fourth-order valence-corrected chi connectivity index (χ4v) is 3.08. The molecule has 17 heavy (non-hydrogen) atoms. The van der Waals surface area contributed by atoms with E-state index in [0.717, 1.165) is 38.8 Å². The first kappa shape index (κ1) is 11.0. The Morgan fingerprint density at radius 2 is 2.24 bits per heavy atom. The number of carbonyl (C=O) groups is 1. The average Bonchev–Trinajstić information content (AvgIpc) is 2.37. The lowest BCUT2D eigenvalue weighted by Crippen LogP contribution is -2.35. The van der Waals surface area contributed by atoms with Crippen LogP contribution in [0.1, 0.15) is 36.3 Å². The average molecular weight is 229 g/mol. The van der Waals surface area contributed by atoms with Crippen LogP contribution in [0, 0.1) is 5.92 Å². The second-order valence-corrected chi connectivity index (χ2v) is 5.31. The molecule has 2 heteroatoms. The molecule has 0 spiro atoms. The molecule has 1 N–H and O–H groups in total. The van der Waals surface area contributed by atoms with Crippen LogP contribution in [0.5, 0.6) is 0 Å². The Morgan fingerprint density at radius 3 is 3.00 bits per heavy atom. The molecule has 2 unspecified atom stereocenters. The molecule has 1 aliphatic carbocycles. The summed E-state index contributed by atoms with van der Waals surface area (Å²) in [6.07, 6.45) is 4.09. The zero-order chi connectivity index (χ0) is 11.7. The molecule has 1 saturated heterocycles. The lowest BCUT2D eigenvalue weighted by atomic mass is 9.73. The quantitative estimate of drug-likeness (QED) is 0.861. The van der Waals surface area contributed by atoms with Crippen LogP contribution in [0.25, 0.3) is 0 Å². The van der Waals surface area contributed by atoms with E-state index in [1.54, 1.807) is 0 Å². The van der Waals surface area contributed by atoms with Crippen LogP contribution in [0.3, 0.4) is 0 Å². The minimum atomic E-state index is 0.275. The van der Waals surface area contributed by atoms with Crippen molar-refractivity contribution in [3.05, 3.63) is 35.4 Å². The lowest BCUT2D eigenvalue weighted by molar-refractivity contribution is -0.123. The predicted molar refractivity (Wildman–Crippen MR) is 68.1 cm³/mol. The Balaban J connectivity index is 1.60. The van der Waals surface area contributed by atoms with E-state index in [1.165, 1.54) is 11.1 Å². The van der Waals surface area contributed by atoms with E-state index in [9.17, 15) is 4.79 Å². The van der Waals surface area contributed by atoms with Gasteiger partial charge in [-0.2, -0.15) is 0 Å². The van der Waals surface area contributed by atoms with Gasteiger partial charge in [0.1, 0.15) is 5.78 Å². The van der Waals surface area contributed by atoms with E-state index in [0.29, 0.717) is 11.7 Å². The van der Waals surface area contributed by atoms with Crippen LogP contribution in [0.4, 0.5) is 0 Å². The van der Waals surface area contributed by atoms with Gasteiger partial charge in [-0.1, -0.05) is 24.3 Å². The van der Waals surface area contributed by atoms with E-state index in [2.05, 4.69) is 29.6 Å². The number of ketones is 1. The van der Waals surface area contributed by atoms with E-state index in [4.69, 9.17) is 0 Å². The van der Waals surface area contributed by atoms with Crippen molar-refractivity contribution >= 4 is 5.78 Å². The third-order valence-corrected chi connectivity index (χ3v) is 4.16. The Kier molecular flexibility index (Phi) is 2.98. The van der Waals surface area contributed by atoms with Gasteiger partial charge in [-0.25, -0.2) is 0 Å². The summed E-state index contributed by atoms with van der Waals surface area (Å²) in [5.74, 6) is 1.24. The zero-order valence-corrected chi connectivity index (χ0v) is 10.1. The highest BCUT2D eigenvalue weighted by atomic mass is 16.1. The van der Waals surface area contributed by atoms with E-state index in [1.807, 2.05) is 0 Å². The number of nitrogens with one attached hydrogen (secondary N) is 1. The van der Waals surface area contributed by atoms with Gasteiger partial charge >= 0.3 is 0 Å². The summed E-state index contributed by atoms with van der Waals surface area (Å²) in [6, 6.07) is 8.52. The van der Waals surface area contributed by atoms with E-state index >= 15 is 0 Å². The standard InChI is InChI=1S/C15H19NO/c17-15(12-5-3-7-16-10-12)9-13-8-11-4-1-2-6-14(11)13/h1-2,4,6,12-13,16H,3,5,7-10H2. The van der Waals surface area contributed by atoms with Gasteiger partial charge in [-0.3, -0.25) is 4.79 Å². The van der Waals surface area contributed by atoms with Crippen LogP contribution in [0.2, 0.25) is 0 Å². The number of fused-ring (bicyclic) bond motifs is 1. The molecule has 90 valence electrons. The highest BCUT2D eigenvalue weighted by Gasteiger charge is 2.30. The van der Waals surface area contributed by atoms with Gasteiger partial charge in [0.05, 0.1) is 0 Å². The number of hydrogen-bond acceptors (Lipinski definition) is 2. The van der Waals surface area contributed by atoms with Gasteiger partial charge < -0.3 is 5.32 Å². The molecule has 0 radical (unpaired) electrons. The monoisotopic (exact) mass is 229 g/mol. The molecular formula is C15H19NO. The number of rotatable bonds is 3. The van der Waals surface area contributed by atoms with Crippen molar-refractivity contribution in [2.24, 2.45) is 5.92 Å². The SMILES string of the molecule is O=C(CC1Cc2ccccc21)C1CCCNC1. The van der Waals surface area contributed by atoms with Crippen LogP contribution in [0.15, 0.2) is 24.3 Å². The van der Waals surface area contributed by atoms with Gasteiger partial charge in [0.15, 0.2) is 0 Å². The van der Waals surface area contributed by atoms with Crippen LogP contribution < -0.4 is 5.32 Å². The second-order valence-electron chi connectivity index (χ2n) is 5.31. The first-order chi connectivity index (χ1) is 8.34. The molecule has 3 rings (SSSR count). The molecule has 0 bridgehead atoms. The van der Waals surface area contributed by atoms with Gasteiger partial charge in [0.25, 0.3) is 0 Å². The Morgan fingerprint density at radius 1 is 1.35 bits per heavy atom. The molecule has 0 aromatic heterocycles. The van der Waals surface area contributed by atoms with Crippen LogP contribution in [-0.2, 0) is 11.2 Å². The fourth-order valence-electron chi connectivity index (χ4n) is 3.08. The lowest BCUT2D eigenvalue weighted by Gasteiger charge is -2.31. The first-order valence-electron chi connectivity index (χ1n) is 6.66. The van der Waals surface area contributed by atoms with Crippen molar-refractivity contribution < 1.29 is 4.79 Å². The molecule has 1 aliphatic heterocycles. The third kappa shape index (κ3) is 2.14. The molecule has 1 aromatic carbocycles. The minimum Gasteiger partial charge on any atom is -0.316 e. The van der Waals surface area contributed by atoms with Crippen LogP contribution >= 0.6 is 0 Å². The summed E-state index contributed by atoms with van der Waals surface area (Å²) >= 11 is 0. The third-order valence-electron chi connectivity index (χ3n) is 4.16. The van der Waals surface area contributed by atoms with Crippen molar-refractivity contribution in [2.45, 2.75) is 31.6 Å². The molecule has 0 amide bonds. The maximum atomic E-state index is 12.2. The summed E-state index contributed by atoms with van der Waals surface area (Å²) in [5.41, 5.74) is 2.84. The maximum absolute atomic E-state index is 12.2. The highest BCUT2D eigenvalue weighted by Crippen LogP contribution is 2.38. The highest BCUT2D eigenvalue weighted by molar-refractivity contribution is 5.82. The molecule has 1 fully saturated rings. The predicted octanol–water partition coefficient (Wildman–Crippen LogP) is 2.29. The number of carbonyl (C=O) groups excluding carboxylic acids is 1. The van der Waals surface area contributed by atoms with E-state index < -0.39 is 0 Å². The van der Waals surface area contributed by atoms with Crippen molar-refractivity contribution in [3.63, 3.8) is 0 Å². The Hall–Kier alpha value is -1.15. The topological polar surface area (TPSA) is 29.1 Å². The Bertz CT molecular complexity index is 421. The van der Waals surface area contributed by atoms with Gasteiger partial charge in [0.2, 0.25) is 0 Å². The van der Waals surface area contributed by atoms with Gasteiger partial charge in [-0.05, 0) is 42.9 Å². The van der Waals surface area contributed by atoms with Crippen LogP contribution in [-0.4, -0.2) is 18.9 Å².